The summed E-state index contributed by atoms with van der Waals surface area (Å²) in [6.07, 6.45) is -1.49. The van der Waals surface area contributed by atoms with E-state index in [-0.39, 0.29) is 6.42 Å². The van der Waals surface area contributed by atoms with Crippen LogP contribution in [0, 0.1) is 5.92 Å². The van der Waals surface area contributed by atoms with Crippen molar-refractivity contribution in [2.45, 2.75) is 25.5 Å². The lowest BCUT2D eigenvalue weighted by atomic mass is 9.97. The van der Waals surface area contributed by atoms with Gasteiger partial charge in [0, 0.05) is 0 Å². The van der Waals surface area contributed by atoms with Crippen LogP contribution in [0.1, 0.15) is 25.0 Å². The number of hydrogen-bond donors (Lipinski definition) is 2. The summed E-state index contributed by atoms with van der Waals surface area (Å²) in [6, 6.07) is 7.24. The quantitative estimate of drug-likeness (QED) is 0.712. The molecule has 1 aromatic rings. The van der Waals surface area contributed by atoms with Gasteiger partial charge in [-0.3, -0.25) is 9.59 Å². The number of hydrogen-bond acceptors (Lipinski definition) is 6. The molecule has 0 aromatic heterocycles. The van der Waals surface area contributed by atoms with Crippen molar-refractivity contribution >= 4 is 17.8 Å². The van der Waals surface area contributed by atoms with Crippen LogP contribution in [0.5, 0.6) is 0 Å². The second kappa shape index (κ2) is 8.89. The van der Waals surface area contributed by atoms with E-state index in [0.717, 1.165) is 0 Å². The molecule has 23 heavy (non-hydrogen) atoms. The molecule has 0 radical (unpaired) electrons. The van der Waals surface area contributed by atoms with Crippen LogP contribution in [-0.4, -0.2) is 43.2 Å². The van der Waals surface area contributed by atoms with E-state index < -0.39 is 35.9 Å². The largest absolute Gasteiger partial charge is 0.469 e. The molecule has 0 unspecified atom stereocenters. The summed E-state index contributed by atoms with van der Waals surface area (Å²) in [5.74, 6) is -2.51. The smallest absolute Gasteiger partial charge is 0.328 e. The third kappa shape index (κ3) is 5.37. The maximum Gasteiger partial charge on any atom is 0.328 e. The van der Waals surface area contributed by atoms with Crippen molar-refractivity contribution in [2.75, 3.05) is 14.2 Å². The molecule has 0 heterocycles. The standard InChI is InChI=1S/C16H21NO6/c1-10(9-12(18)22-2)13(16(21)23-3)17-15(20)14(19)11-7-5-4-6-8-11/h4-8,10,13-14,19H,9H2,1-3H3,(H,17,20)/t10-,13-,14-/m0/s1. The number of esters is 2. The van der Waals surface area contributed by atoms with Gasteiger partial charge < -0.3 is 19.9 Å². The number of amides is 1. The zero-order valence-corrected chi connectivity index (χ0v) is 13.3. The summed E-state index contributed by atoms with van der Waals surface area (Å²) in [6.45, 7) is 1.60. The monoisotopic (exact) mass is 323 g/mol. The molecule has 0 aliphatic rings. The van der Waals surface area contributed by atoms with Gasteiger partial charge in [0.25, 0.3) is 5.91 Å². The Labute approximate surface area is 134 Å². The third-order valence-corrected chi connectivity index (χ3v) is 3.40. The molecule has 1 amide bonds. The maximum atomic E-state index is 12.1. The van der Waals surface area contributed by atoms with Crippen LogP contribution in [0.25, 0.3) is 0 Å². The Morgan fingerprint density at radius 3 is 2.26 bits per heavy atom. The van der Waals surface area contributed by atoms with Gasteiger partial charge in [-0.05, 0) is 11.5 Å². The predicted octanol–water partition coefficient (Wildman–Crippen LogP) is 0.577. The Bertz CT molecular complexity index is 545. The van der Waals surface area contributed by atoms with E-state index in [1.807, 2.05) is 0 Å². The van der Waals surface area contributed by atoms with E-state index in [4.69, 9.17) is 0 Å². The van der Waals surface area contributed by atoms with E-state index in [1.54, 1.807) is 37.3 Å². The summed E-state index contributed by atoms with van der Waals surface area (Å²) in [5.41, 5.74) is 0.397. The van der Waals surface area contributed by atoms with Gasteiger partial charge in [-0.2, -0.15) is 0 Å². The van der Waals surface area contributed by atoms with Gasteiger partial charge in [0.05, 0.1) is 20.6 Å². The lowest BCUT2D eigenvalue weighted by molar-refractivity contribution is -0.149. The number of ether oxygens (including phenoxy) is 2. The molecule has 0 saturated heterocycles. The highest BCUT2D eigenvalue weighted by atomic mass is 16.5. The molecule has 0 fully saturated rings. The predicted molar refractivity (Wildman–Crippen MR) is 81.1 cm³/mol. The van der Waals surface area contributed by atoms with Gasteiger partial charge in [0.15, 0.2) is 6.10 Å². The van der Waals surface area contributed by atoms with Crippen LogP contribution in [0.3, 0.4) is 0 Å². The Balaban J connectivity index is 2.82. The molecule has 1 aromatic carbocycles. The lowest BCUT2D eigenvalue weighted by Crippen LogP contribution is -2.48. The fourth-order valence-electron chi connectivity index (χ4n) is 2.04. The first kappa shape index (κ1) is 18.6. The van der Waals surface area contributed by atoms with Gasteiger partial charge in [0.1, 0.15) is 6.04 Å². The summed E-state index contributed by atoms with van der Waals surface area (Å²) < 4.78 is 9.20. The van der Waals surface area contributed by atoms with Gasteiger partial charge in [-0.1, -0.05) is 37.3 Å². The normalized spacial score (nSPS) is 14.3. The number of methoxy groups -OCH3 is 2. The molecule has 2 N–H and O–H groups in total. The van der Waals surface area contributed by atoms with Crippen LogP contribution >= 0.6 is 0 Å². The Morgan fingerprint density at radius 1 is 1.13 bits per heavy atom. The van der Waals surface area contributed by atoms with Crippen molar-refractivity contribution in [3.05, 3.63) is 35.9 Å². The van der Waals surface area contributed by atoms with Gasteiger partial charge in [-0.25, -0.2) is 4.79 Å². The number of benzene rings is 1. The first-order valence-corrected chi connectivity index (χ1v) is 7.08. The van der Waals surface area contributed by atoms with Crippen molar-refractivity contribution in [3.8, 4) is 0 Å². The number of aliphatic hydroxyl groups is 1. The van der Waals surface area contributed by atoms with Gasteiger partial charge >= 0.3 is 11.9 Å². The van der Waals surface area contributed by atoms with Crippen LogP contribution in [0.4, 0.5) is 0 Å². The molecule has 0 aliphatic carbocycles. The molecule has 126 valence electrons. The van der Waals surface area contributed by atoms with Crippen molar-refractivity contribution in [3.63, 3.8) is 0 Å². The molecule has 0 aliphatic heterocycles. The molecule has 3 atom stereocenters. The van der Waals surface area contributed by atoms with Crippen LogP contribution in [0.2, 0.25) is 0 Å². The Kier molecular flexibility index (Phi) is 7.21. The SMILES string of the molecule is COC(=O)C[C@H](C)[C@H](NC(=O)[C@@H](O)c1ccccc1)C(=O)OC. The highest BCUT2D eigenvalue weighted by molar-refractivity contribution is 5.88. The van der Waals surface area contributed by atoms with Crippen molar-refractivity contribution in [1.29, 1.82) is 0 Å². The molecule has 7 heteroatoms. The molecule has 7 nitrogen and oxygen atoms in total. The number of carbonyl (C=O) groups excluding carboxylic acids is 3. The van der Waals surface area contributed by atoms with Crippen LogP contribution in [0.15, 0.2) is 30.3 Å². The number of aliphatic hydroxyl groups excluding tert-OH is 1. The average molecular weight is 323 g/mol. The first-order valence-electron chi connectivity index (χ1n) is 7.08. The van der Waals surface area contributed by atoms with Crippen molar-refractivity contribution in [1.82, 2.24) is 5.32 Å². The second-order valence-corrected chi connectivity index (χ2v) is 5.08. The Morgan fingerprint density at radius 2 is 1.74 bits per heavy atom. The molecular formula is C16H21NO6. The second-order valence-electron chi connectivity index (χ2n) is 5.08. The number of carbonyl (C=O) groups is 3. The highest BCUT2D eigenvalue weighted by Gasteiger charge is 2.31. The highest BCUT2D eigenvalue weighted by Crippen LogP contribution is 2.15. The maximum absolute atomic E-state index is 12.1. The van der Waals surface area contributed by atoms with E-state index >= 15 is 0 Å². The van der Waals surface area contributed by atoms with E-state index in [1.165, 1.54) is 14.2 Å². The van der Waals surface area contributed by atoms with Crippen LogP contribution < -0.4 is 5.32 Å². The van der Waals surface area contributed by atoms with Crippen LogP contribution in [-0.2, 0) is 23.9 Å². The third-order valence-electron chi connectivity index (χ3n) is 3.40. The fraction of sp³-hybridized carbons (Fsp3) is 0.438. The van der Waals surface area contributed by atoms with Crippen molar-refractivity contribution in [2.24, 2.45) is 5.92 Å². The minimum atomic E-state index is -1.42. The van der Waals surface area contributed by atoms with Gasteiger partial charge in [0.2, 0.25) is 0 Å². The van der Waals surface area contributed by atoms with Gasteiger partial charge in [-0.15, -0.1) is 0 Å². The average Bonchev–Trinajstić information content (AvgIpc) is 2.58. The topological polar surface area (TPSA) is 102 Å². The molecule has 0 bridgehead atoms. The summed E-state index contributed by atoms with van der Waals surface area (Å²) in [7, 11) is 2.42. The first-order chi connectivity index (χ1) is 10.9. The molecular weight excluding hydrogens is 302 g/mol. The summed E-state index contributed by atoms with van der Waals surface area (Å²) in [4.78, 5) is 35.3. The summed E-state index contributed by atoms with van der Waals surface area (Å²) in [5, 5.41) is 12.5. The fourth-order valence-corrected chi connectivity index (χ4v) is 2.04. The molecule has 0 saturated carbocycles. The zero-order valence-electron chi connectivity index (χ0n) is 13.3. The number of rotatable bonds is 7. The van der Waals surface area contributed by atoms with E-state index in [0.29, 0.717) is 5.56 Å². The minimum Gasteiger partial charge on any atom is -0.469 e. The molecule has 0 spiro atoms. The lowest BCUT2D eigenvalue weighted by Gasteiger charge is -2.23. The molecule has 1 rings (SSSR count). The van der Waals surface area contributed by atoms with Crippen molar-refractivity contribution < 1.29 is 29.0 Å². The van der Waals surface area contributed by atoms with E-state index in [2.05, 4.69) is 14.8 Å². The van der Waals surface area contributed by atoms with E-state index in [9.17, 15) is 19.5 Å². The zero-order chi connectivity index (χ0) is 17.4. The number of nitrogens with one attached hydrogen (secondary N) is 1. The Hall–Kier alpha value is -2.41. The summed E-state index contributed by atoms with van der Waals surface area (Å²) >= 11 is 0. The minimum absolute atomic E-state index is 0.0714.